The lowest BCUT2D eigenvalue weighted by Gasteiger charge is -2.27. The van der Waals surface area contributed by atoms with Gasteiger partial charge in [0.2, 0.25) is 0 Å². The SMILES string of the molecule is CC(C)CC(C)N(C)c1ccc(N)c(C#N)n1. The Balaban J connectivity index is 2.89. The molecule has 17 heavy (non-hydrogen) atoms. The predicted octanol–water partition coefficient (Wildman–Crippen LogP) is 2.41. The first-order valence-corrected chi connectivity index (χ1v) is 5.85. The number of aromatic nitrogens is 1. The van der Waals surface area contributed by atoms with E-state index in [0.717, 1.165) is 12.2 Å². The Labute approximate surface area is 103 Å². The van der Waals surface area contributed by atoms with Gasteiger partial charge in [-0.1, -0.05) is 13.8 Å². The maximum Gasteiger partial charge on any atom is 0.165 e. The normalized spacial score (nSPS) is 12.2. The molecule has 0 amide bonds. The summed E-state index contributed by atoms with van der Waals surface area (Å²) in [6.45, 7) is 6.55. The van der Waals surface area contributed by atoms with E-state index in [0.29, 0.717) is 23.3 Å². The Kier molecular flexibility index (Phi) is 4.33. The highest BCUT2D eigenvalue weighted by Crippen LogP contribution is 2.19. The van der Waals surface area contributed by atoms with Crippen molar-refractivity contribution in [1.82, 2.24) is 4.98 Å². The van der Waals surface area contributed by atoms with Crippen molar-refractivity contribution in [2.24, 2.45) is 5.92 Å². The minimum Gasteiger partial charge on any atom is -0.396 e. The Morgan fingerprint density at radius 2 is 2.06 bits per heavy atom. The molecule has 0 aliphatic rings. The lowest BCUT2D eigenvalue weighted by atomic mass is 10.0. The molecule has 4 heteroatoms. The van der Waals surface area contributed by atoms with Crippen molar-refractivity contribution in [2.75, 3.05) is 17.7 Å². The van der Waals surface area contributed by atoms with Crippen molar-refractivity contribution in [3.8, 4) is 6.07 Å². The van der Waals surface area contributed by atoms with E-state index in [4.69, 9.17) is 11.0 Å². The third-order valence-corrected chi connectivity index (χ3v) is 2.85. The van der Waals surface area contributed by atoms with Crippen LogP contribution in [0.3, 0.4) is 0 Å². The second kappa shape index (κ2) is 5.53. The summed E-state index contributed by atoms with van der Waals surface area (Å²) in [5.74, 6) is 1.43. The van der Waals surface area contributed by atoms with Gasteiger partial charge in [0.05, 0.1) is 5.69 Å². The largest absolute Gasteiger partial charge is 0.396 e. The summed E-state index contributed by atoms with van der Waals surface area (Å²) < 4.78 is 0. The molecular weight excluding hydrogens is 212 g/mol. The predicted molar refractivity (Wildman–Crippen MR) is 70.7 cm³/mol. The number of hydrogen-bond donors (Lipinski definition) is 1. The molecule has 1 atom stereocenters. The van der Waals surface area contributed by atoms with Crippen LogP contribution in [0.5, 0.6) is 0 Å². The zero-order valence-electron chi connectivity index (χ0n) is 10.9. The summed E-state index contributed by atoms with van der Waals surface area (Å²) in [4.78, 5) is 6.34. The van der Waals surface area contributed by atoms with Gasteiger partial charge in [-0.2, -0.15) is 5.26 Å². The Bertz CT molecular complexity index is 420. The van der Waals surface area contributed by atoms with Gasteiger partial charge in [0.25, 0.3) is 0 Å². The topological polar surface area (TPSA) is 65.9 Å². The molecule has 0 spiro atoms. The summed E-state index contributed by atoms with van der Waals surface area (Å²) >= 11 is 0. The third kappa shape index (κ3) is 3.35. The number of rotatable bonds is 4. The molecule has 0 aromatic carbocycles. The highest BCUT2D eigenvalue weighted by Gasteiger charge is 2.13. The molecule has 0 bridgehead atoms. The van der Waals surface area contributed by atoms with Crippen molar-refractivity contribution >= 4 is 11.5 Å². The van der Waals surface area contributed by atoms with Crippen molar-refractivity contribution in [1.29, 1.82) is 5.26 Å². The van der Waals surface area contributed by atoms with Gasteiger partial charge in [0.1, 0.15) is 11.9 Å². The molecule has 2 N–H and O–H groups in total. The molecule has 0 saturated heterocycles. The van der Waals surface area contributed by atoms with Crippen molar-refractivity contribution in [2.45, 2.75) is 33.2 Å². The number of pyridine rings is 1. The number of hydrogen-bond acceptors (Lipinski definition) is 4. The van der Waals surface area contributed by atoms with Gasteiger partial charge in [-0.05, 0) is 31.4 Å². The minimum atomic E-state index is 0.297. The van der Waals surface area contributed by atoms with Crippen LogP contribution in [0.4, 0.5) is 11.5 Å². The van der Waals surface area contributed by atoms with E-state index in [-0.39, 0.29) is 0 Å². The molecule has 1 heterocycles. The fraction of sp³-hybridized carbons (Fsp3) is 0.538. The minimum absolute atomic E-state index is 0.297. The first-order valence-electron chi connectivity index (χ1n) is 5.85. The quantitative estimate of drug-likeness (QED) is 0.865. The van der Waals surface area contributed by atoms with Gasteiger partial charge in [0, 0.05) is 13.1 Å². The molecule has 0 aliphatic heterocycles. The molecular formula is C13H20N4. The summed E-state index contributed by atoms with van der Waals surface area (Å²) in [6.07, 6.45) is 1.09. The molecule has 92 valence electrons. The maximum absolute atomic E-state index is 8.90. The standard InChI is InChI=1S/C13H20N4/c1-9(2)7-10(3)17(4)13-6-5-11(15)12(8-14)16-13/h5-6,9-10H,7,15H2,1-4H3. The second-order valence-corrected chi connectivity index (χ2v) is 4.81. The van der Waals surface area contributed by atoms with E-state index in [1.54, 1.807) is 6.07 Å². The van der Waals surface area contributed by atoms with Crippen LogP contribution >= 0.6 is 0 Å². The molecule has 1 unspecified atom stereocenters. The van der Waals surface area contributed by atoms with Gasteiger partial charge in [-0.25, -0.2) is 4.98 Å². The molecule has 0 saturated carbocycles. The first kappa shape index (κ1) is 13.3. The van der Waals surface area contributed by atoms with E-state index < -0.39 is 0 Å². The summed E-state index contributed by atoms with van der Waals surface area (Å²) in [7, 11) is 1.99. The zero-order chi connectivity index (χ0) is 13.0. The first-order chi connectivity index (χ1) is 7.95. The van der Waals surface area contributed by atoms with Gasteiger partial charge >= 0.3 is 0 Å². The monoisotopic (exact) mass is 232 g/mol. The third-order valence-electron chi connectivity index (χ3n) is 2.85. The molecule has 0 radical (unpaired) electrons. The van der Waals surface area contributed by atoms with E-state index in [2.05, 4.69) is 30.7 Å². The fourth-order valence-electron chi connectivity index (χ4n) is 1.81. The summed E-state index contributed by atoms with van der Waals surface area (Å²) in [6, 6.07) is 5.98. The number of nitrogen functional groups attached to an aromatic ring is 1. The fourth-order valence-corrected chi connectivity index (χ4v) is 1.81. The zero-order valence-corrected chi connectivity index (χ0v) is 10.9. The molecule has 0 fully saturated rings. The molecule has 1 aromatic rings. The van der Waals surface area contributed by atoms with Crippen LogP contribution in [0.2, 0.25) is 0 Å². The smallest absolute Gasteiger partial charge is 0.165 e. The average molecular weight is 232 g/mol. The highest BCUT2D eigenvalue weighted by atomic mass is 15.2. The number of nitrogens with zero attached hydrogens (tertiary/aromatic N) is 3. The number of nitriles is 1. The van der Waals surface area contributed by atoms with E-state index in [1.807, 2.05) is 19.2 Å². The summed E-state index contributed by atoms with van der Waals surface area (Å²) in [5, 5.41) is 8.90. The number of anilines is 2. The van der Waals surface area contributed by atoms with Crippen LogP contribution in [0.25, 0.3) is 0 Å². The average Bonchev–Trinajstić information content (AvgIpc) is 2.27. The van der Waals surface area contributed by atoms with Crippen LogP contribution in [0, 0.1) is 17.2 Å². The summed E-state index contributed by atoms with van der Waals surface area (Å²) in [5.41, 5.74) is 6.38. The number of nitrogens with two attached hydrogens (primary N) is 1. The Hall–Kier alpha value is -1.76. The van der Waals surface area contributed by atoms with E-state index in [1.165, 1.54) is 0 Å². The van der Waals surface area contributed by atoms with Crippen molar-refractivity contribution in [3.05, 3.63) is 17.8 Å². The van der Waals surface area contributed by atoms with Crippen LogP contribution in [-0.2, 0) is 0 Å². The lowest BCUT2D eigenvalue weighted by molar-refractivity contribution is 0.502. The Morgan fingerprint density at radius 1 is 1.41 bits per heavy atom. The molecule has 4 nitrogen and oxygen atoms in total. The van der Waals surface area contributed by atoms with Crippen LogP contribution in [0.1, 0.15) is 32.9 Å². The highest BCUT2D eigenvalue weighted by molar-refractivity contribution is 5.55. The van der Waals surface area contributed by atoms with Gasteiger partial charge in [-0.15, -0.1) is 0 Å². The van der Waals surface area contributed by atoms with Crippen LogP contribution < -0.4 is 10.6 Å². The maximum atomic E-state index is 8.90. The van der Waals surface area contributed by atoms with Crippen LogP contribution in [0.15, 0.2) is 12.1 Å². The van der Waals surface area contributed by atoms with Crippen LogP contribution in [-0.4, -0.2) is 18.1 Å². The van der Waals surface area contributed by atoms with Gasteiger partial charge in [-0.3, -0.25) is 0 Å². The van der Waals surface area contributed by atoms with Crippen molar-refractivity contribution in [3.63, 3.8) is 0 Å². The van der Waals surface area contributed by atoms with Gasteiger partial charge in [0.15, 0.2) is 5.69 Å². The molecule has 1 aromatic heterocycles. The molecule has 1 rings (SSSR count). The van der Waals surface area contributed by atoms with E-state index >= 15 is 0 Å². The molecule has 0 aliphatic carbocycles. The Morgan fingerprint density at radius 3 is 2.59 bits per heavy atom. The lowest BCUT2D eigenvalue weighted by Crippen LogP contribution is -2.30. The van der Waals surface area contributed by atoms with E-state index in [9.17, 15) is 0 Å². The van der Waals surface area contributed by atoms with Crippen molar-refractivity contribution < 1.29 is 0 Å². The second-order valence-electron chi connectivity index (χ2n) is 4.81. The van der Waals surface area contributed by atoms with Gasteiger partial charge < -0.3 is 10.6 Å².